The summed E-state index contributed by atoms with van der Waals surface area (Å²) in [6.45, 7) is 1.45. The molecule has 0 spiro atoms. The molecule has 1 unspecified atom stereocenters. The number of halogens is 2. The summed E-state index contributed by atoms with van der Waals surface area (Å²) in [6.07, 6.45) is 2.22. The van der Waals surface area contributed by atoms with Gasteiger partial charge in [0.2, 0.25) is 0 Å². The van der Waals surface area contributed by atoms with Crippen molar-refractivity contribution >= 4 is 28.6 Å². The summed E-state index contributed by atoms with van der Waals surface area (Å²) in [6, 6.07) is 14.2. The van der Waals surface area contributed by atoms with Gasteiger partial charge in [0.1, 0.15) is 5.82 Å². The summed E-state index contributed by atoms with van der Waals surface area (Å²) in [5.74, 6) is -0.232. The molecule has 1 saturated heterocycles. The Hall–Kier alpha value is -1.95. The van der Waals surface area contributed by atoms with Crippen molar-refractivity contribution in [3.8, 4) is 11.3 Å². The molecule has 134 valence electrons. The number of nitrogens with zero attached hydrogens (tertiary/aromatic N) is 2. The lowest BCUT2D eigenvalue weighted by molar-refractivity contribution is 0.0967. The molecular formula is C20H18ClFN2OS. The summed E-state index contributed by atoms with van der Waals surface area (Å²) < 4.78 is 22.2. The third kappa shape index (κ3) is 3.75. The van der Waals surface area contributed by atoms with Gasteiger partial charge in [0.25, 0.3) is 0 Å². The Morgan fingerprint density at radius 2 is 2.00 bits per heavy atom. The van der Waals surface area contributed by atoms with E-state index in [9.17, 15) is 4.39 Å². The number of hydrogen-bond donors (Lipinski definition) is 0. The molecule has 6 heteroatoms. The van der Waals surface area contributed by atoms with Crippen molar-refractivity contribution in [2.45, 2.75) is 25.5 Å². The molecule has 1 atom stereocenters. The minimum Gasteiger partial charge on any atom is -0.376 e. The maximum atomic E-state index is 14.4. The molecule has 1 aliphatic heterocycles. The molecule has 0 aliphatic carbocycles. The normalized spacial score (nSPS) is 17.8. The van der Waals surface area contributed by atoms with Gasteiger partial charge in [0.05, 0.1) is 24.0 Å². The highest BCUT2D eigenvalue weighted by Crippen LogP contribution is 2.25. The summed E-state index contributed by atoms with van der Waals surface area (Å²) in [4.78, 5) is 5.57. The number of benzene rings is 2. The van der Waals surface area contributed by atoms with Crippen LogP contribution in [0.15, 0.2) is 58.9 Å². The van der Waals surface area contributed by atoms with Gasteiger partial charge in [0.15, 0.2) is 4.80 Å². The van der Waals surface area contributed by atoms with E-state index in [0.717, 1.165) is 35.6 Å². The lowest BCUT2D eigenvalue weighted by atomic mass is 10.1. The highest BCUT2D eigenvalue weighted by molar-refractivity contribution is 7.07. The summed E-state index contributed by atoms with van der Waals surface area (Å²) in [7, 11) is 0. The second kappa shape index (κ2) is 7.74. The van der Waals surface area contributed by atoms with Crippen LogP contribution in [0.25, 0.3) is 11.3 Å². The molecule has 0 radical (unpaired) electrons. The fourth-order valence-electron chi connectivity index (χ4n) is 3.10. The van der Waals surface area contributed by atoms with Gasteiger partial charge in [-0.3, -0.25) is 0 Å². The lowest BCUT2D eigenvalue weighted by Gasteiger charge is -2.14. The van der Waals surface area contributed by atoms with Crippen LogP contribution in [0.1, 0.15) is 12.8 Å². The highest BCUT2D eigenvalue weighted by atomic mass is 35.5. The van der Waals surface area contributed by atoms with E-state index in [1.54, 1.807) is 12.1 Å². The van der Waals surface area contributed by atoms with Gasteiger partial charge < -0.3 is 9.30 Å². The molecule has 3 nitrogen and oxygen atoms in total. The molecule has 0 saturated carbocycles. The van der Waals surface area contributed by atoms with Crippen molar-refractivity contribution in [1.29, 1.82) is 0 Å². The second-order valence-corrected chi connectivity index (χ2v) is 7.49. The van der Waals surface area contributed by atoms with Gasteiger partial charge in [-0.15, -0.1) is 11.3 Å². The zero-order valence-corrected chi connectivity index (χ0v) is 15.6. The van der Waals surface area contributed by atoms with Gasteiger partial charge in [0, 0.05) is 22.6 Å². The molecule has 0 amide bonds. The fourth-order valence-corrected chi connectivity index (χ4v) is 4.15. The van der Waals surface area contributed by atoms with Gasteiger partial charge in [-0.1, -0.05) is 23.7 Å². The predicted molar refractivity (Wildman–Crippen MR) is 103 cm³/mol. The Balaban J connectivity index is 1.81. The van der Waals surface area contributed by atoms with E-state index < -0.39 is 0 Å². The molecule has 1 aromatic heterocycles. The van der Waals surface area contributed by atoms with Crippen LogP contribution in [-0.4, -0.2) is 17.3 Å². The maximum Gasteiger partial charge on any atom is 0.190 e. The first-order chi connectivity index (χ1) is 12.7. The number of thiazole rings is 1. The monoisotopic (exact) mass is 388 g/mol. The van der Waals surface area contributed by atoms with E-state index in [1.165, 1.54) is 17.4 Å². The molecule has 0 bridgehead atoms. The third-order valence-electron chi connectivity index (χ3n) is 4.41. The summed E-state index contributed by atoms with van der Waals surface area (Å²) in [5.41, 5.74) is 2.23. The SMILES string of the molecule is Fc1ccccc1-c1csc(=Nc2ccc(Cl)cc2)n1CC1CCCO1. The first-order valence-electron chi connectivity index (χ1n) is 8.56. The molecule has 2 heterocycles. The Kier molecular flexibility index (Phi) is 5.20. The van der Waals surface area contributed by atoms with Crippen LogP contribution in [0.2, 0.25) is 5.02 Å². The van der Waals surface area contributed by atoms with E-state index in [-0.39, 0.29) is 11.9 Å². The molecule has 4 rings (SSSR count). The quantitative estimate of drug-likeness (QED) is 0.586. The van der Waals surface area contributed by atoms with Crippen LogP contribution >= 0.6 is 22.9 Å². The zero-order valence-electron chi connectivity index (χ0n) is 14.1. The smallest absolute Gasteiger partial charge is 0.190 e. The summed E-state index contributed by atoms with van der Waals surface area (Å²) >= 11 is 7.46. The number of hydrogen-bond acceptors (Lipinski definition) is 3. The first-order valence-corrected chi connectivity index (χ1v) is 9.81. The Labute approximate surface area is 160 Å². The van der Waals surface area contributed by atoms with Gasteiger partial charge >= 0.3 is 0 Å². The average molecular weight is 389 g/mol. The van der Waals surface area contributed by atoms with Crippen LogP contribution in [0.4, 0.5) is 10.1 Å². The molecule has 3 aromatic rings. The Bertz CT molecular complexity index is 958. The topological polar surface area (TPSA) is 26.5 Å². The number of rotatable bonds is 4. The van der Waals surface area contributed by atoms with Gasteiger partial charge in [-0.25, -0.2) is 9.38 Å². The van der Waals surface area contributed by atoms with Crippen LogP contribution in [0, 0.1) is 5.82 Å². The van der Waals surface area contributed by atoms with E-state index in [0.29, 0.717) is 17.1 Å². The molecule has 0 N–H and O–H groups in total. The van der Waals surface area contributed by atoms with Crippen LogP contribution in [-0.2, 0) is 11.3 Å². The average Bonchev–Trinajstić information content (AvgIpc) is 3.29. The Morgan fingerprint density at radius 1 is 1.19 bits per heavy atom. The predicted octanol–water partition coefficient (Wildman–Crippen LogP) is 5.42. The largest absolute Gasteiger partial charge is 0.376 e. The zero-order chi connectivity index (χ0) is 17.9. The van der Waals surface area contributed by atoms with Crippen molar-refractivity contribution in [3.05, 3.63) is 69.6 Å². The maximum absolute atomic E-state index is 14.4. The van der Waals surface area contributed by atoms with Crippen LogP contribution in [0.5, 0.6) is 0 Å². The number of aromatic nitrogens is 1. The molecule has 2 aromatic carbocycles. The first kappa shape index (κ1) is 17.5. The van der Waals surface area contributed by atoms with Crippen molar-refractivity contribution < 1.29 is 9.13 Å². The molecule has 26 heavy (non-hydrogen) atoms. The highest BCUT2D eigenvalue weighted by Gasteiger charge is 2.20. The number of ether oxygens (including phenoxy) is 1. The lowest BCUT2D eigenvalue weighted by Crippen LogP contribution is -2.24. The summed E-state index contributed by atoms with van der Waals surface area (Å²) in [5, 5.41) is 2.64. The second-order valence-electron chi connectivity index (χ2n) is 6.22. The van der Waals surface area contributed by atoms with Gasteiger partial charge in [-0.2, -0.15) is 0 Å². The molecular weight excluding hydrogens is 371 g/mol. The van der Waals surface area contributed by atoms with E-state index in [4.69, 9.17) is 21.3 Å². The van der Waals surface area contributed by atoms with Crippen molar-refractivity contribution in [3.63, 3.8) is 0 Å². The van der Waals surface area contributed by atoms with E-state index in [2.05, 4.69) is 4.57 Å². The van der Waals surface area contributed by atoms with E-state index in [1.807, 2.05) is 35.7 Å². The molecule has 1 aliphatic rings. The minimum absolute atomic E-state index is 0.138. The van der Waals surface area contributed by atoms with Crippen LogP contribution < -0.4 is 4.80 Å². The van der Waals surface area contributed by atoms with E-state index >= 15 is 0 Å². The van der Waals surface area contributed by atoms with Crippen molar-refractivity contribution in [1.82, 2.24) is 4.57 Å². The standard InChI is InChI=1S/C20H18ClFN2OS/c21-14-7-9-15(10-8-14)23-20-24(12-16-4-3-11-25-16)19(13-26-20)17-5-1-2-6-18(17)22/h1-2,5-10,13,16H,3-4,11-12H2. The van der Waals surface area contributed by atoms with Crippen molar-refractivity contribution in [2.75, 3.05) is 6.61 Å². The van der Waals surface area contributed by atoms with Crippen LogP contribution in [0.3, 0.4) is 0 Å². The Morgan fingerprint density at radius 3 is 2.73 bits per heavy atom. The van der Waals surface area contributed by atoms with Crippen molar-refractivity contribution in [2.24, 2.45) is 4.99 Å². The molecule has 1 fully saturated rings. The fraction of sp³-hybridized carbons (Fsp3) is 0.250. The minimum atomic E-state index is -0.232. The third-order valence-corrected chi connectivity index (χ3v) is 5.52. The van der Waals surface area contributed by atoms with Gasteiger partial charge in [-0.05, 0) is 49.2 Å².